The summed E-state index contributed by atoms with van der Waals surface area (Å²) < 4.78 is 4.82. The third-order valence-corrected chi connectivity index (χ3v) is 3.41. The van der Waals surface area contributed by atoms with Gasteiger partial charge in [-0.05, 0) is 18.1 Å². The second kappa shape index (κ2) is 5.35. The molecule has 0 radical (unpaired) electrons. The van der Waals surface area contributed by atoms with Crippen LogP contribution in [0.3, 0.4) is 0 Å². The van der Waals surface area contributed by atoms with Crippen molar-refractivity contribution in [2.24, 2.45) is 11.8 Å². The number of likely N-dealkylation sites (tertiary alicyclic amines) is 1. The quantitative estimate of drug-likeness (QED) is 0.806. The Hall–Kier alpha value is -1.62. The smallest absolute Gasteiger partial charge is 0.310 e. The zero-order chi connectivity index (χ0) is 13.1. The highest BCUT2D eigenvalue weighted by Crippen LogP contribution is 2.25. The average Bonchev–Trinajstić information content (AvgIpc) is 2.69. The molecule has 2 heterocycles. The summed E-state index contributed by atoms with van der Waals surface area (Å²) in [7, 11) is 1.44. The molecule has 2 atom stereocenters. The Balaban J connectivity index is 1.98. The van der Waals surface area contributed by atoms with Gasteiger partial charge in [0.05, 0.1) is 18.7 Å². The number of carbonyl (C=O) groups is 1. The fraction of sp³-hybridized carbons (Fsp3) is 0.538. The van der Waals surface area contributed by atoms with Crippen molar-refractivity contribution in [3.8, 4) is 0 Å². The maximum absolute atomic E-state index is 11.6. The summed E-state index contributed by atoms with van der Waals surface area (Å²) in [5, 5.41) is 0. The van der Waals surface area contributed by atoms with Gasteiger partial charge in [-0.25, -0.2) is 4.98 Å². The topological polar surface area (TPSA) is 68.5 Å². The molecule has 1 aromatic heterocycles. The molecule has 1 saturated heterocycles. The number of nitrogen functional groups attached to an aromatic ring is 1. The second-order valence-electron chi connectivity index (χ2n) is 4.85. The molecule has 1 fully saturated rings. The number of hydrogen-bond acceptors (Lipinski definition) is 5. The van der Waals surface area contributed by atoms with Crippen LogP contribution in [0.15, 0.2) is 18.2 Å². The molecule has 2 rings (SSSR count). The van der Waals surface area contributed by atoms with Crippen molar-refractivity contribution in [1.29, 1.82) is 0 Å². The number of rotatable bonds is 3. The van der Waals surface area contributed by atoms with Crippen molar-refractivity contribution >= 4 is 11.8 Å². The Labute approximate surface area is 107 Å². The van der Waals surface area contributed by atoms with Gasteiger partial charge in [-0.2, -0.15) is 0 Å². The van der Waals surface area contributed by atoms with E-state index in [0.717, 1.165) is 25.3 Å². The van der Waals surface area contributed by atoms with Crippen molar-refractivity contribution in [2.45, 2.75) is 13.5 Å². The molecule has 0 spiro atoms. The maximum Gasteiger partial charge on any atom is 0.310 e. The van der Waals surface area contributed by atoms with Crippen LogP contribution in [-0.4, -0.2) is 36.1 Å². The molecule has 5 nitrogen and oxygen atoms in total. The number of pyridine rings is 1. The Morgan fingerprint density at radius 3 is 3.00 bits per heavy atom. The van der Waals surface area contributed by atoms with Crippen molar-refractivity contribution in [2.75, 3.05) is 25.9 Å². The largest absolute Gasteiger partial charge is 0.469 e. The Bertz CT molecular complexity index is 436. The minimum Gasteiger partial charge on any atom is -0.469 e. The van der Waals surface area contributed by atoms with Gasteiger partial charge in [0.1, 0.15) is 5.82 Å². The highest BCUT2D eigenvalue weighted by molar-refractivity contribution is 5.73. The highest BCUT2D eigenvalue weighted by Gasteiger charge is 2.35. The van der Waals surface area contributed by atoms with Crippen LogP contribution in [0.2, 0.25) is 0 Å². The van der Waals surface area contributed by atoms with Crippen LogP contribution in [0.4, 0.5) is 5.82 Å². The number of nitrogens with two attached hydrogens (primary N) is 1. The van der Waals surface area contributed by atoms with E-state index >= 15 is 0 Å². The van der Waals surface area contributed by atoms with Crippen LogP contribution in [0, 0.1) is 11.8 Å². The first kappa shape index (κ1) is 12.8. The number of hydrogen-bond donors (Lipinski definition) is 1. The normalized spacial score (nSPS) is 24.1. The SMILES string of the molecule is COC(=O)C1CN(Cc2cccc(N)n2)CC1C. The molecule has 1 aliphatic heterocycles. The van der Waals surface area contributed by atoms with Crippen molar-refractivity contribution in [3.63, 3.8) is 0 Å². The maximum atomic E-state index is 11.6. The van der Waals surface area contributed by atoms with Gasteiger partial charge in [0.2, 0.25) is 0 Å². The number of carbonyl (C=O) groups excluding carboxylic acids is 1. The predicted molar refractivity (Wildman–Crippen MR) is 68.6 cm³/mol. The van der Waals surface area contributed by atoms with E-state index in [1.807, 2.05) is 12.1 Å². The van der Waals surface area contributed by atoms with Gasteiger partial charge in [0, 0.05) is 19.6 Å². The minimum absolute atomic E-state index is 0.0314. The minimum atomic E-state index is -0.120. The number of ether oxygens (including phenoxy) is 1. The second-order valence-corrected chi connectivity index (χ2v) is 4.85. The van der Waals surface area contributed by atoms with Gasteiger partial charge in [-0.1, -0.05) is 13.0 Å². The van der Waals surface area contributed by atoms with Crippen LogP contribution in [0.5, 0.6) is 0 Å². The van der Waals surface area contributed by atoms with Gasteiger partial charge in [-0.15, -0.1) is 0 Å². The summed E-state index contributed by atoms with van der Waals surface area (Å²) in [5.41, 5.74) is 6.59. The van der Waals surface area contributed by atoms with Crippen molar-refractivity contribution in [1.82, 2.24) is 9.88 Å². The summed E-state index contributed by atoms with van der Waals surface area (Å²) in [6.45, 7) is 4.41. The van der Waals surface area contributed by atoms with Gasteiger partial charge in [0.25, 0.3) is 0 Å². The van der Waals surface area contributed by atoms with E-state index in [0.29, 0.717) is 11.7 Å². The lowest BCUT2D eigenvalue weighted by Gasteiger charge is -2.14. The number of methoxy groups -OCH3 is 1. The van der Waals surface area contributed by atoms with Gasteiger partial charge in [0.15, 0.2) is 0 Å². The zero-order valence-electron chi connectivity index (χ0n) is 10.8. The van der Waals surface area contributed by atoms with E-state index < -0.39 is 0 Å². The van der Waals surface area contributed by atoms with Crippen LogP contribution in [0.1, 0.15) is 12.6 Å². The predicted octanol–water partition coefficient (Wildman–Crippen LogP) is 0.905. The highest BCUT2D eigenvalue weighted by atomic mass is 16.5. The monoisotopic (exact) mass is 249 g/mol. The van der Waals surface area contributed by atoms with E-state index in [9.17, 15) is 4.79 Å². The fourth-order valence-electron chi connectivity index (χ4n) is 2.47. The van der Waals surface area contributed by atoms with Crippen LogP contribution < -0.4 is 5.73 Å². The molecule has 18 heavy (non-hydrogen) atoms. The molecule has 0 bridgehead atoms. The molecule has 98 valence electrons. The third-order valence-electron chi connectivity index (χ3n) is 3.41. The first-order valence-corrected chi connectivity index (χ1v) is 6.11. The molecule has 1 aliphatic rings. The summed E-state index contributed by atoms with van der Waals surface area (Å²) in [5.74, 6) is 0.698. The molecule has 5 heteroatoms. The van der Waals surface area contributed by atoms with Gasteiger partial charge >= 0.3 is 5.97 Å². The molecule has 2 unspecified atom stereocenters. The average molecular weight is 249 g/mol. The molecule has 2 N–H and O–H groups in total. The van der Waals surface area contributed by atoms with E-state index in [1.54, 1.807) is 6.07 Å². The third kappa shape index (κ3) is 2.79. The summed E-state index contributed by atoms with van der Waals surface area (Å²) in [6, 6.07) is 5.62. The number of aromatic nitrogens is 1. The van der Waals surface area contributed by atoms with E-state index in [-0.39, 0.29) is 11.9 Å². The van der Waals surface area contributed by atoms with Crippen LogP contribution in [0.25, 0.3) is 0 Å². The number of nitrogens with zero attached hydrogens (tertiary/aromatic N) is 2. The molecular weight excluding hydrogens is 230 g/mol. The summed E-state index contributed by atoms with van der Waals surface area (Å²) in [6.07, 6.45) is 0. The number of esters is 1. The molecule has 0 aliphatic carbocycles. The standard InChI is InChI=1S/C13H19N3O2/c1-9-6-16(8-11(9)13(17)18-2)7-10-4-3-5-12(14)15-10/h3-5,9,11H,6-8H2,1-2H3,(H2,14,15). The molecule has 0 saturated carbocycles. The van der Waals surface area contributed by atoms with Crippen molar-refractivity contribution < 1.29 is 9.53 Å². The lowest BCUT2D eigenvalue weighted by molar-refractivity contribution is -0.146. The Morgan fingerprint density at radius 2 is 2.33 bits per heavy atom. The van der Waals surface area contributed by atoms with E-state index in [4.69, 9.17) is 10.5 Å². The number of anilines is 1. The van der Waals surface area contributed by atoms with E-state index in [1.165, 1.54) is 7.11 Å². The molecule has 0 amide bonds. The zero-order valence-corrected chi connectivity index (χ0v) is 10.8. The van der Waals surface area contributed by atoms with E-state index in [2.05, 4.69) is 16.8 Å². The van der Waals surface area contributed by atoms with Crippen molar-refractivity contribution in [3.05, 3.63) is 23.9 Å². The lowest BCUT2D eigenvalue weighted by atomic mass is 9.99. The first-order valence-electron chi connectivity index (χ1n) is 6.11. The Morgan fingerprint density at radius 1 is 1.56 bits per heavy atom. The molecule has 1 aromatic rings. The lowest BCUT2D eigenvalue weighted by Crippen LogP contribution is -2.24. The molecular formula is C13H19N3O2. The molecule has 0 aromatic carbocycles. The van der Waals surface area contributed by atoms with Crippen LogP contribution >= 0.6 is 0 Å². The summed E-state index contributed by atoms with van der Waals surface area (Å²) >= 11 is 0. The van der Waals surface area contributed by atoms with Crippen LogP contribution in [-0.2, 0) is 16.1 Å². The summed E-state index contributed by atoms with van der Waals surface area (Å²) in [4.78, 5) is 18.1. The van der Waals surface area contributed by atoms with Gasteiger partial charge in [-0.3, -0.25) is 9.69 Å². The first-order chi connectivity index (χ1) is 8.60. The fourth-order valence-corrected chi connectivity index (χ4v) is 2.47. The Kier molecular flexibility index (Phi) is 3.81. The van der Waals surface area contributed by atoms with Gasteiger partial charge < -0.3 is 10.5 Å².